The van der Waals surface area contributed by atoms with Crippen molar-refractivity contribution in [2.75, 3.05) is 7.11 Å². The number of hydrogen-bond donors (Lipinski definition) is 0. The van der Waals surface area contributed by atoms with Gasteiger partial charge in [-0.05, 0) is 25.0 Å². The average molecular weight is 366 g/mol. The van der Waals surface area contributed by atoms with Crippen LogP contribution in [0.1, 0.15) is 42.5 Å². The van der Waals surface area contributed by atoms with Gasteiger partial charge in [-0.2, -0.15) is 0 Å². The second kappa shape index (κ2) is 6.02. The third-order valence-electron chi connectivity index (χ3n) is 3.56. The molecule has 19 heavy (non-hydrogen) atoms. The van der Waals surface area contributed by atoms with E-state index < -0.39 is 4.32 Å². The SMILES string of the molecule is COc1ccc(C(=O)C2(Br)CCCCC2)c(Cl)c1Cl. The summed E-state index contributed by atoms with van der Waals surface area (Å²) in [4.78, 5) is 12.7. The molecule has 0 unspecified atom stereocenters. The highest BCUT2D eigenvalue weighted by Gasteiger charge is 2.38. The Kier molecular flexibility index (Phi) is 4.80. The molecule has 0 atom stereocenters. The lowest BCUT2D eigenvalue weighted by molar-refractivity contribution is 0.0923. The second-order valence-electron chi connectivity index (χ2n) is 4.80. The molecule has 2 nitrogen and oxygen atoms in total. The molecule has 1 aromatic rings. The van der Waals surface area contributed by atoms with Gasteiger partial charge >= 0.3 is 0 Å². The molecule has 1 saturated carbocycles. The van der Waals surface area contributed by atoms with Crippen LogP contribution in [0.5, 0.6) is 5.75 Å². The van der Waals surface area contributed by atoms with E-state index in [2.05, 4.69) is 15.9 Å². The van der Waals surface area contributed by atoms with Gasteiger partial charge in [-0.15, -0.1) is 0 Å². The summed E-state index contributed by atoms with van der Waals surface area (Å²) < 4.78 is 4.60. The van der Waals surface area contributed by atoms with Crippen molar-refractivity contribution in [1.82, 2.24) is 0 Å². The molecule has 0 radical (unpaired) electrons. The van der Waals surface area contributed by atoms with Gasteiger partial charge in [0.1, 0.15) is 10.8 Å². The van der Waals surface area contributed by atoms with Crippen LogP contribution in [0.15, 0.2) is 12.1 Å². The molecule has 0 bridgehead atoms. The summed E-state index contributed by atoms with van der Waals surface area (Å²) in [5.74, 6) is 0.497. The van der Waals surface area contributed by atoms with Gasteiger partial charge in [0.05, 0.1) is 16.5 Å². The molecule has 0 saturated heterocycles. The van der Waals surface area contributed by atoms with E-state index in [1.807, 2.05) is 0 Å². The zero-order chi connectivity index (χ0) is 14.0. The monoisotopic (exact) mass is 364 g/mol. The van der Waals surface area contributed by atoms with Gasteiger partial charge < -0.3 is 4.74 Å². The highest BCUT2D eigenvalue weighted by atomic mass is 79.9. The molecule has 1 aliphatic rings. The first-order chi connectivity index (χ1) is 8.99. The maximum atomic E-state index is 12.7. The van der Waals surface area contributed by atoms with Crippen molar-refractivity contribution < 1.29 is 9.53 Å². The van der Waals surface area contributed by atoms with Gasteiger partial charge in [-0.25, -0.2) is 0 Å². The van der Waals surface area contributed by atoms with Crippen LogP contribution in [0.4, 0.5) is 0 Å². The molecular formula is C14H15BrCl2O2. The van der Waals surface area contributed by atoms with Crippen molar-refractivity contribution in [3.8, 4) is 5.75 Å². The number of ketones is 1. The van der Waals surface area contributed by atoms with E-state index >= 15 is 0 Å². The van der Waals surface area contributed by atoms with Gasteiger partial charge in [0.25, 0.3) is 0 Å². The van der Waals surface area contributed by atoms with Crippen LogP contribution in [0.25, 0.3) is 0 Å². The molecule has 0 heterocycles. The summed E-state index contributed by atoms with van der Waals surface area (Å²) in [5.41, 5.74) is 0.464. The van der Waals surface area contributed by atoms with Crippen molar-refractivity contribution in [2.24, 2.45) is 0 Å². The predicted octanol–water partition coefficient (Wildman–Crippen LogP) is 5.28. The third-order valence-corrected chi connectivity index (χ3v) is 5.58. The fourth-order valence-electron chi connectivity index (χ4n) is 2.45. The average Bonchev–Trinajstić information content (AvgIpc) is 2.42. The summed E-state index contributed by atoms with van der Waals surface area (Å²) in [7, 11) is 1.52. The van der Waals surface area contributed by atoms with Crippen LogP contribution in [-0.2, 0) is 0 Å². The number of halogens is 3. The Morgan fingerprint density at radius 1 is 1.21 bits per heavy atom. The van der Waals surface area contributed by atoms with E-state index in [1.165, 1.54) is 13.5 Å². The number of ether oxygens (including phenoxy) is 1. The van der Waals surface area contributed by atoms with E-state index in [-0.39, 0.29) is 10.8 Å². The topological polar surface area (TPSA) is 26.3 Å². The largest absolute Gasteiger partial charge is 0.495 e. The molecule has 5 heteroatoms. The summed E-state index contributed by atoms with van der Waals surface area (Å²) in [6, 6.07) is 3.37. The van der Waals surface area contributed by atoms with E-state index in [1.54, 1.807) is 12.1 Å². The maximum Gasteiger partial charge on any atom is 0.181 e. The van der Waals surface area contributed by atoms with Crippen LogP contribution >= 0.6 is 39.1 Å². The molecule has 1 aliphatic carbocycles. The highest BCUT2D eigenvalue weighted by molar-refractivity contribution is 9.10. The van der Waals surface area contributed by atoms with E-state index in [0.717, 1.165) is 25.7 Å². The zero-order valence-corrected chi connectivity index (χ0v) is 13.7. The van der Waals surface area contributed by atoms with Crippen molar-refractivity contribution in [3.05, 3.63) is 27.7 Å². The first kappa shape index (κ1) is 15.1. The first-order valence-electron chi connectivity index (χ1n) is 6.25. The summed E-state index contributed by atoms with van der Waals surface area (Å²) in [6.07, 6.45) is 4.96. The van der Waals surface area contributed by atoms with Crippen molar-refractivity contribution in [2.45, 2.75) is 36.4 Å². The first-order valence-corrected chi connectivity index (χ1v) is 7.80. The van der Waals surface area contributed by atoms with Gasteiger partial charge in [0.2, 0.25) is 0 Å². The number of rotatable bonds is 3. The fraction of sp³-hybridized carbons (Fsp3) is 0.500. The summed E-state index contributed by atoms with van der Waals surface area (Å²) in [6.45, 7) is 0. The Morgan fingerprint density at radius 3 is 2.42 bits per heavy atom. The summed E-state index contributed by atoms with van der Waals surface area (Å²) in [5, 5.41) is 0.567. The lowest BCUT2D eigenvalue weighted by Gasteiger charge is -2.30. The lowest BCUT2D eigenvalue weighted by Crippen LogP contribution is -2.34. The number of alkyl halides is 1. The number of carbonyl (C=O) groups excluding carboxylic acids is 1. The number of methoxy groups -OCH3 is 1. The minimum atomic E-state index is -0.493. The summed E-state index contributed by atoms with van der Waals surface area (Å²) >= 11 is 15.9. The van der Waals surface area contributed by atoms with Crippen molar-refractivity contribution in [1.29, 1.82) is 0 Å². The standard InChI is InChI=1S/C14H15BrCl2O2/c1-19-10-6-5-9(11(16)12(10)17)13(18)14(15)7-3-2-4-8-14/h5-6H,2-4,7-8H2,1H3. The number of benzene rings is 1. The molecule has 0 aliphatic heterocycles. The van der Waals surface area contributed by atoms with Crippen molar-refractivity contribution in [3.63, 3.8) is 0 Å². The van der Waals surface area contributed by atoms with Gasteiger partial charge in [-0.3, -0.25) is 4.79 Å². The van der Waals surface area contributed by atoms with Crippen LogP contribution in [0.3, 0.4) is 0 Å². The number of Topliss-reactive ketones (excluding diaryl/α,β-unsaturated/α-hetero) is 1. The van der Waals surface area contributed by atoms with E-state index in [9.17, 15) is 4.79 Å². The Hall–Kier alpha value is -0.250. The Labute approximate surface area is 131 Å². The number of hydrogen-bond acceptors (Lipinski definition) is 2. The molecule has 2 rings (SSSR count). The Bertz CT molecular complexity index is 496. The fourth-order valence-corrected chi connectivity index (χ4v) is 3.70. The Balaban J connectivity index is 2.36. The Morgan fingerprint density at radius 2 is 1.84 bits per heavy atom. The smallest absolute Gasteiger partial charge is 0.181 e. The van der Waals surface area contributed by atoms with E-state index in [0.29, 0.717) is 16.3 Å². The molecule has 1 aromatic carbocycles. The zero-order valence-electron chi connectivity index (χ0n) is 10.6. The minimum absolute atomic E-state index is 0.0155. The van der Waals surface area contributed by atoms with Gasteiger partial charge in [0, 0.05) is 5.56 Å². The molecule has 0 aromatic heterocycles. The minimum Gasteiger partial charge on any atom is -0.495 e. The quantitative estimate of drug-likeness (QED) is 0.537. The van der Waals surface area contributed by atoms with Crippen LogP contribution < -0.4 is 4.74 Å². The molecule has 1 fully saturated rings. The van der Waals surface area contributed by atoms with Crippen LogP contribution in [-0.4, -0.2) is 17.2 Å². The molecule has 0 N–H and O–H groups in total. The molecular weight excluding hydrogens is 351 g/mol. The number of carbonyl (C=O) groups is 1. The highest BCUT2D eigenvalue weighted by Crippen LogP contribution is 2.42. The predicted molar refractivity (Wildman–Crippen MR) is 82.1 cm³/mol. The van der Waals surface area contributed by atoms with Crippen LogP contribution in [0, 0.1) is 0 Å². The maximum absolute atomic E-state index is 12.7. The molecule has 104 valence electrons. The lowest BCUT2D eigenvalue weighted by atomic mass is 9.83. The van der Waals surface area contributed by atoms with Gasteiger partial charge in [0.15, 0.2) is 5.78 Å². The second-order valence-corrected chi connectivity index (χ2v) is 7.07. The van der Waals surface area contributed by atoms with Crippen molar-refractivity contribution >= 4 is 44.9 Å². The van der Waals surface area contributed by atoms with Crippen LogP contribution in [0.2, 0.25) is 10.0 Å². The van der Waals surface area contributed by atoms with E-state index in [4.69, 9.17) is 27.9 Å². The normalized spacial score (nSPS) is 18.1. The molecule has 0 amide bonds. The van der Waals surface area contributed by atoms with Gasteiger partial charge in [-0.1, -0.05) is 58.4 Å². The third kappa shape index (κ3) is 2.93. The molecule has 0 spiro atoms.